The normalized spacial score (nSPS) is 10.1. The molecule has 0 amide bonds. The van der Waals surface area contributed by atoms with Crippen LogP contribution in [-0.2, 0) is 11.4 Å². The quantitative estimate of drug-likeness (QED) is 0.623. The van der Waals surface area contributed by atoms with Crippen molar-refractivity contribution in [3.63, 3.8) is 0 Å². The molecular formula is C6H8N2O4. The predicted octanol–water partition coefficient (Wildman–Crippen LogP) is 0.0238. The number of rotatable bonds is 4. The van der Waals surface area contributed by atoms with Gasteiger partial charge in [-0.15, -0.1) is 0 Å². The zero-order valence-corrected chi connectivity index (χ0v) is 6.40. The van der Waals surface area contributed by atoms with Gasteiger partial charge in [-0.3, -0.25) is 0 Å². The lowest BCUT2D eigenvalue weighted by Crippen LogP contribution is -2.09. The van der Waals surface area contributed by atoms with Crippen molar-refractivity contribution in [1.29, 1.82) is 0 Å². The Balaban J connectivity index is 2.58. The molecule has 0 fully saturated rings. The Morgan fingerprint density at radius 3 is 3.17 bits per heavy atom. The van der Waals surface area contributed by atoms with Crippen LogP contribution in [0.5, 0.6) is 0 Å². The zero-order valence-electron chi connectivity index (χ0n) is 6.40. The van der Waals surface area contributed by atoms with Crippen molar-refractivity contribution in [1.82, 2.24) is 10.6 Å². The molecule has 0 bridgehead atoms. The third-order valence-electron chi connectivity index (χ3n) is 1.17. The number of carboxylic acid groups (broad SMARTS) is 1. The standard InChI is InChI=1S/C6H8N2O4/c1-11-7-3-4-2-5(6(9)10)8-12-4/h2,7H,3H2,1H3,(H,9,10). The van der Waals surface area contributed by atoms with Gasteiger partial charge in [0, 0.05) is 6.07 Å². The van der Waals surface area contributed by atoms with Gasteiger partial charge in [0.05, 0.1) is 13.7 Å². The average molecular weight is 172 g/mol. The number of aromatic carboxylic acids is 1. The van der Waals surface area contributed by atoms with Crippen LogP contribution in [0.25, 0.3) is 0 Å². The first-order chi connectivity index (χ1) is 5.74. The van der Waals surface area contributed by atoms with Gasteiger partial charge in [-0.25, -0.2) is 4.79 Å². The summed E-state index contributed by atoms with van der Waals surface area (Å²) in [5, 5.41) is 11.7. The molecule has 0 saturated heterocycles. The van der Waals surface area contributed by atoms with Crippen molar-refractivity contribution in [2.45, 2.75) is 6.54 Å². The fraction of sp³-hybridized carbons (Fsp3) is 0.333. The van der Waals surface area contributed by atoms with E-state index in [4.69, 9.17) is 5.11 Å². The SMILES string of the molecule is CONCc1cc(C(=O)O)no1. The van der Waals surface area contributed by atoms with Crippen molar-refractivity contribution in [3.8, 4) is 0 Å². The third-order valence-corrected chi connectivity index (χ3v) is 1.17. The number of carbonyl (C=O) groups is 1. The fourth-order valence-electron chi connectivity index (χ4n) is 0.640. The number of carboxylic acids is 1. The van der Waals surface area contributed by atoms with Gasteiger partial charge in [-0.1, -0.05) is 5.16 Å². The van der Waals surface area contributed by atoms with E-state index in [9.17, 15) is 4.79 Å². The number of hydroxylamine groups is 1. The van der Waals surface area contributed by atoms with Crippen molar-refractivity contribution < 1.29 is 19.3 Å². The van der Waals surface area contributed by atoms with E-state index in [0.29, 0.717) is 5.76 Å². The van der Waals surface area contributed by atoms with E-state index in [2.05, 4.69) is 20.0 Å². The van der Waals surface area contributed by atoms with Gasteiger partial charge in [0.2, 0.25) is 0 Å². The summed E-state index contributed by atoms with van der Waals surface area (Å²) >= 11 is 0. The number of hydrogen-bond acceptors (Lipinski definition) is 5. The third kappa shape index (κ3) is 2.04. The molecule has 2 N–H and O–H groups in total. The first-order valence-electron chi connectivity index (χ1n) is 3.18. The summed E-state index contributed by atoms with van der Waals surface area (Å²) < 4.78 is 4.65. The van der Waals surface area contributed by atoms with Crippen LogP contribution in [0, 0.1) is 0 Å². The first-order valence-corrected chi connectivity index (χ1v) is 3.18. The van der Waals surface area contributed by atoms with Gasteiger partial charge in [0.15, 0.2) is 11.5 Å². The molecule has 0 aliphatic rings. The molecule has 0 saturated carbocycles. The maximum absolute atomic E-state index is 10.3. The Hall–Kier alpha value is -1.40. The lowest BCUT2D eigenvalue weighted by Gasteiger charge is -1.93. The number of hydrogen-bond donors (Lipinski definition) is 2. The van der Waals surface area contributed by atoms with Crippen LogP contribution in [0.15, 0.2) is 10.6 Å². The summed E-state index contributed by atoms with van der Waals surface area (Å²) in [6.07, 6.45) is 0. The van der Waals surface area contributed by atoms with Gasteiger partial charge in [0.1, 0.15) is 0 Å². The molecular weight excluding hydrogens is 164 g/mol. The monoisotopic (exact) mass is 172 g/mol. The Labute approximate surface area is 68.1 Å². The first kappa shape index (κ1) is 8.69. The predicted molar refractivity (Wildman–Crippen MR) is 37.3 cm³/mol. The second kappa shape index (κ2) is 3.84. The summed E-state index contributed by atoms with van der Waals surface area (Å²) in [7, 11) is 1.45. The second-order valence-corrected chi connectivity index (χ2v) is 2.01. The zero-order chi connectivity index (χ0) is 8.97. The summed E-state index contributed by atoms with van der Waals surface area (Å²) in [6, 6.07) is 1.33. The minimum atomic E-state index is -1.11. The largest absolute Gasteiger partial charge is 0.476 e. The van der Waals surface area contributed by atoms with E-state index in [-0.39, 0.29) is 12.2 Å². The second-order valence-electron chi connectivity index (χ2n) is 2.01. The molecule has 0 aromatic carbocycles. The summed E-state index contributed by atoms with van der Waals surface area (Å²) in [5.41, 5.74) is 2.38. The Kier molecular flexibility index (Phi) is 2.78. The molecule has 1 rings (SSSR count). The molecule has 0 aliphatic heterocycles. The summed E-state index contributed by atoms with van der Waals surface area (Å²) in [6.45, 7) is 0.288. The highest BCUT2D eigenvalue weighted by Gasteiger charge is 2.09. The van der Waals surface area contributed by atoms with Crippen LogP contribution in [0.2, 0.25) is 0 Å². The number of nitrogens with zero attached hydrogens (tertiary/aromatic N) is 1. The van der Waals surface area contributed by atoms with Gasteiger partial charge in [-0.05, 0) is 0 Å². The van der Waals surface area contributed by atoms with Crippen LogP contribution in [0.3, 0.4) is 0 Å². The van der Waals surface area contributed by atoms with Gasteiger partial charge >= 0.3 is 5.97 Å². The topological polar surface area (TPSA) is 84.6 Å². The van der Waals surface area contributed by atoms with Gasteiger partial charge in [0.25, 0.3) is 0 Å². The molecule has 0 aliphatic carbocycles. The molecule has 1 aromatic heterocycles. The van der Waals surface area contributed by atoms with E-state index in [1.807, 2.05) is 0 Å². The molecule has 6 nitrogen and oxygen atoms in total. The molecule has 1 aromatic rings. The number of nitrogens with one attached hydrogen (secondary N) is 1. The van der Waals surface area contributed by atoms with Crippen LogP contribution in [-0.4, -0.2) is 23.3 Å². The molecule has 0 atom stereocenters. The smallest absolute Gasteiger partial charge is 0.358 e. The van der Waals surface area contributed by atoms with Crippen molar-refractivity contribution in [2.75, 3.05) is 7.11 Å². The lowest BCUT2D eigenvalue weighted by molar-refractivity contribution is 0.0685. The van der Waals surface area contributed by atoms with E-state index < -0.39 is 5.97 Å². The lowest BCUT2D eigenvalue weighted by atomic mass is 10.4. The molecule has 0 unspecified atom stereocenters. The molecule has 66 valence electrons. The van der Waals surface area contributed by atoms with Crippen LogP contribution >= 0.6 is 0 Å². The highest BCUT2D eigenvalue weighted by molar-refractivity contribution is 5.85. The highest BCUT2D eigenvalue weighted by atomic mass is 16.6. The summed E-state index contributed by atoms with van der Waals surface area (Å²) in [4.78, 5) is 14.8. The molecule has 1 heterocycles. The minimum Gasteiger partial charge on any atom is -0.476 e. The van der Waals surface area contributed by atoms with Crippen LogP contribution < -0.4 is 5.48 Å². The van der Waals surface area contributed by atoms with E-state index in [1.165, 1.54) is 13.2 Å². The summed E-state index contributed by atoms with van der Waals surface area (Å²) in [5.74, 6) is -0.698. The number of aromatic nitrogens is 1. The van der Waals surface area contributed by atoms with E-state index in [1.54, 1.807) is 0 Å². The van der Waals surface area contributed by atoms with E-state index >= 15 is 0 Å². The average Bonchev–Trinajstić information content (AvgIpc) is 2.48. The molecule has 0 radical (unpaired) electrons. The van der Waals surface area contributed by atoms with E-state index in [0.717, 1.165) is 0 Å². The molecule has 6 heteroatoms. The van der Waals surface area contributed by atoms with Gasteiger partial charge < -0.3 is 14.5 Å². The van der Waals surface area contributed by atoms with Gasteiger partial charge in [-0.2, -0.15) is 5.48 Å². The van der Waals surface area contributed by atoms with Crippen LogP contribution in [0.1, 0.15) is 16.2 Å². The molecule has 0 spiro atoms. The highest BCUT2D eigenvalue weighted by Crippen LogP contribution is 2.02. The Bertz CT molecular complexity index is 270. The fourth-order valence-corrected chi connectivity index (χ4v) is 0.640. The van der Waals surface area contributed by atoms with Crippen LogP contribution in [0.4, 0.5) is 0 Å². The Morgan fingerprint density at radius 2 is 2.67 bits per heavy atom. The maximum atomic E-state index is 10.3. The van der Waals surface area contributed by atoms with Crippen molar-refractivity contribution in [3.05, 3.63) is 17.5 Å². The van der Waals surface area contributed by atoms with Crippen molar-refractivity contribution >= 4 is 5.97 Å². The Morgan fingerprint density at radius 1 is 1.92 bits per heavy atom. The maximum Gasteiger partial charge on any atom is 0.358 e. The molecule has 12 heavy (non-hydrogen) atoms. The minimum absolute atomic E-state index is 0.108. The van der Waals surface area contributed by atoms with Crippen molar-refractivity contribution in [2.24, 2.45) is 0 Å².